The highest BCUT2D eigenvalue weighted by atomic mass is 19.4. The van der Waals surface area contributed by atoms with Gasteiger partial charge in [-0.2, -0.15) is 13.2 Å². The predicted molar refractivity (Wildman–Crippen MR) is 109 cm³/mol. The van der Waals surface area contributed by atoms with Gasteiger partial charge in [-0.15, -0.1) is 0 Å². The molecule has 1 aromatic heterocycles. The highest BCUT2D eigenvalue weighted by Gasteiger charge is 2.31. The van der Waals surface area contributed by atoms with Crippen LogP contribution in [0.3, 0.4) is 0 Å². The van der Waals surface area contributed by atoms with Crippen molar-refractivity contribution in [1.29, 1.82) is 5.41 Å². The first-order valence-corrected chi connectivity index (χ1v) is 9.70. The van der Waals surface area contributed by atoms with Crippen LogP contribution in [-0.4, -0.2) is 40.5 Å². The van der Waals surface area contributed by atoms with E-state index in [0.29, 0.717) is 28.9 Å². The molecule has 1 aliphatic heterocycles. The molecule has 5 nitrogen and oxygen atoms in total. The summed E-state index contributed by atoms with van der Waals surface area (Å²) in [5.41, 5.74) is 6.80. The Labute approximate surface area is 175 Å². The number of nitrogens with zero attached hydrogens (tertiary/aromatic N) is 2. The topological polar surface area (TPSA) is 75.1 Å². The van der Waals surface area contributed by atoms with E-state index in [1.54, 1.807) is 28.8 Å². The lowest BCUT2D eigenvalue weighted by Crippen LogP contribution is -2.30. The zero-order chi connectivity index (χ0) is 22.3. The Morgan fingerprint density at radius 1 is 1.13 bits per heavy atom. The van der Waals surface area contributed by atoms with E-state index in [9.17, 15) is 22.4 Å². The van der Waals surface area contributed by atoms with Gasteiger partial charge in [0.2, 0.25) is 0 Å². The number of nitrogens with one attached hydrogen (secondary N) is 1. The molecule has 2 heterocycles. The first-order valence-electron chi connectivity index (χ1n) is 9.70. The van der Waals surface area contributed by atoms with E-state index < -0.39 is 17.9 Å². The third-order valence-corrected chi connectivity index (χ3v) is 5.47. The molecule has 31 heavy (non-hydrogen) atoms. The molecular weight excluding hydrogens is 412 g/mol. The van der Waals surface area contributed by atoms with Crippen molar-refractivity contribution in [1.82, 2.24) is 9.47 Å². The molecule has 1 amide bonds. The number of alkyl halides is 4. The van der Waals surface area contributed by atoms with Gasteiger partial charge in [0.15, 0.2) is 0 Å². The van der Waals surface area contributed by atoms with Crippen molar-refractivity contribution in [3.63, 3.8) is 0 Å². The molecule has 3 N–H and O–H groups in total. The summed E-state index contributed by atoms with van der Waals surface area (Å²) in [5.74, 6) is -0.482. The zero-order valence-corrected chi connectivity index (χ0v) is 16.4. The van der Waals surface area contributed by atoms with E-state index in [1.165, 1.54) is 17.0 Å². The molecule has 162 valence electrons. The Bertz CT molecular complexity index is 1150. The Morgan fingerprint density at radius 3 is 2.42 bits per heavy atom. The number of nitrogen functional groups attached to an aromatic ring is 1. The molecule has 1 atom stereocenters. The smallest absolute Gasteiger partial charge is 0.384 e. The number of rotatable bonds is 4. The number of nitrogens with two attached hydrogens (primary N) is 1. The number of amides is 1. The van der Waals surface area contributed by atoms with Crippen molar-refractivity contribution in [2.75, 3.05) is 13.1 Å². The second kappa shape index (κ2) is 7.72. The molecule has 0 unspecified atom stereocenters. The lowest BCUT2D eigenvalue weighted by atomic mass is 10.1. The minimum Gasteiger partial charge on any atom is -0.384 e. The minimum absolute atomic E-state index is 0.0132. The van der Waals surface area contributed by atoms with E-state index in [4.69, 9.17) is 11.1 Å². The van der Waals surface area contributed by atoms with Gasteiger partial charge >= 0.3 is 6.18 Å². The Kier molecular flexibility index (Phi) is 5.20. The fourth-order valence-electron chi connectivity index (χ4n) is 3.82. The maximum absolute atomic E-state index is 13.6. The lowest BCUT2D eigenvalue weighted by molar-refractivity contribution is -0.137. The van der Waals surface area contributed by atoms with Crippen molar-refractivity contribution >= 4 is 22.6 Å². The van der Waals surface area contributed by atoms with Gasteiger partial charge in [0.1, 0.15) is 17.7 Å². The maximum atomic E-state index is 13.6. The molecule has 3 aromatic rings. The van der Waals surface area contributed by atoms with Crippen molar-refractivity contribution in [3.05, 3.63) is 70.9 Å². The van der Waals surface area contributed by atoms with E-state index in [-0.39, 0.29) is 31.3 Å². The molecule has 1 fully saturated rings. The number of amidine groups is 1. The summed E-state index contributed by atoms with van der Waals surface area (Å²) in [6.45, 7) is 0.455. The molecule has 1 aliphatic rings. The first-order chi connectivity index (χ1) is 14.6. The first kappa shape index (κ1) is 20.9. The molecule has 0 radical (unpaired) electrons. The zero-order valence-electron chi connectivity index (χ0n) is 16.4. The van der Waals surface area contributed by atoms with Gasteiger partial charge in [-0.3, -0.25) is 10.2 Å². The van der Waals surface area contributed by atoms with Crippen LogP contribution < -0.4 is 5.73 Å². The molecule has 0 bridgehead atoms. The van der Waals surface area contributed by atoms with Crippen molar-refractivity contribution in [2.24, 2.45) is 5.73 Å². The predicted octanol–water partition coefficient (Wildman–Crippen LogP) is 4.18. The van der Waals surface area contributed by atoms with Crippen LogP contribution in [0.5, 0.6) is 0 Å². The van der Waals surface area contributed by atoms with Crippen LogP contribution in [0.25, 0.3) is 10.9 Å². The third kappa shape index (κ3) is 4.12. The number of halogens is 4. The Hall–Kier alpha value is -3.36. The number of carbonyl (C=O) groups is 1. The molecular formula is C22H20F4N4O. The second-order valence-corrected chi connectivity index (χ2v) is 7.63. The average Bonchev–Trinajstić information content (AvgIpc) is 3.31. The van der Waals surface area contributed by atoms with Crippen LogP contribution in [0.15, 0.2) is 48.5 Å². The number of fused-ring (bicyclic) bond motifs is 1. The number of carbonyl (C=O) groups excluding carboxylic acids is 1. The maximum Gasteiger partial charge on any atom is 0.416 e. The summed E-state index contributed by atoms with van der Waals surface area (Å²) in [6, 6.07) is 11.5. The van der Waals surface area contributed by atoms with Crippen LogP contribution in [0.1, 0.15) is 33.6 Å². The minimum atomic E-state index is -4.44. The van der Waals surface area contributed by atoms with E-state index >= 15 is 0 Å². The molecule has 1 saturated heterocycles. The highest BCUT2D eigenvalue weighted by Crippen LogP contribution is 2.30. The lowest BCUT2D eigenvalue weighted by Gasteiger charge is -2.18. The van der Waals surface area contributed by atoms with Crippen molar-refractivity contribution < 1.29 is 22.4 Å². The van der Waals surface area contributed by atoms with Gasteiger partial charge in [-0.25, -0.2) is 4.39 Å². The van der Waals surface area contributed by atoms with Crippen LogP contribution in [0.2, 0.25) is 0 Å². The molecule has 0 aliphatic carbocycles. The highest BCUT2D eigenvalue weighted by molar-refractivity contribution is 6.02. The number of hydrogen-bond donors (Lipinski definition) is 2. The molecule has 9 heteroatoms. The second-order valence-electron chi connectivity index (χ2n) is 7.63. The van der Waals surface area contributed by atoms with Crippen LogP contribution in [0, 0.1) is 5.41 Å². The number of likely N-dealkylation sites (tertiary alicyclic amines) is 1. The van der Waals surface area contributed by atoms with Gasteiger partial charge in [0, 0.05) is 29.6 Å². The summed E-state index contributed by atoms with van der Waals surface area (Å²) in [4.78, 5) is 14.5. The molecule has 0 spiro atoms. The van der Waals surface area contributed by atoms with E-state index in [2.05, 4.69) is 0 Å². The fourth-order valence-corrected chi connectivity index (χ4v) is 3.82. The molecule has 0 saturated carbocycles. The summed E-state index contributed by atoms with van der Waals surface area (Å²) in [6.07, 6.45) is -5.23. The van der Waals surface area contributed by atoms with Gasteiger partial charge in [0.25, 0.3) is 5.91 Å². The number of aromatic nitrogens is 1. The summed E-state index contributed by atoms with van der Waals surface area (Å²) in [5, 5.41) is 8.40. The summed E-state index contributed by atoms with van der Waals surface area (Å²) in [7, 11) is 0. The number of benzene rings is 2. The molecule has 2 aromatic carbocycles. The summed E-state index contributed by atoms with van der Waals surface area (Å²) >= 11 is 0. The van der Waals surface area contributed by atoms with E-state index in [1.807, 2.05) is 0 Å². The third-order valence-electron chi connectivity index (χ3n) is 5.47. The van der Waals surface area contributed by atoms with E-state index in [0.717, 1.165) is 17.5 Å². The van der Waals surface area contributed by atoms with Gasteiger partial charge < -0.3 is 15.2 Å². The monoisotopic (exact) mass is 432 g/mol. The molecule has 4 rings (SSSR count). The quantitative estimate of drug-likeness (QED) is 0.369. The van der Waals surface area contributed by atoms with Gasteiger partial charge in [-0.05, 0) is 36.2 Å². The van der Waals surface area contributed by atoms with Crippen LogP contribution in [0.4, 0.5) is 17.6 Å². The van der Waals surface area contributed by atoms with Crippen LogP contribution in [-0.2, 0) is 12.7 Å². The van der Waals surface area contributed by atoms with Crippen molar-refractivity contribution in [2.45, 2.75) is 25.3 Å². The number of hydrogen-bond acceptors (Lipinski definition) is 2. The SMILES string of the molecule is N=C(N)c1ccc2cc(C(=O)N3CC[C@H](F)C3)n(Cc3ccc(C(F)(F)F)cc3)c2c1. The van der Waals surface area contributed by atoms with Crippen LogP contribution >= 0.6 is 0 Å². The van der Waals surface area contributed by atoms with Crippen molar-refractivity contribution in [3.8, 4) is 0 Å². The average molecular weight is 432 g/mol. The Balaban J connectivity index is 1.77. The Morgan fingerprint density at radius 2 is 1.84 bits per heavy atom. The van der Waals surface area contributed by atoms with Gasteiger partial charge in [0.05, 0.1) is 12.1 Å². The van der Waals surface area contributed by atoms with Gasteiger partial charge in [-0.1, -0.05) is 24.3 Å². The largest absolute Gasteiger partial charge is 0.416 e. The summed E-state index contributed by atoms with van der Waals surface area (Å²) < 4.78 is 54.0. The fraction of sp³-hybridized carbons (Fsp3) is 0.273. The standard InChI is InChI=1S/C22H20F4N4O/c23-17-7-8-29(12-17)21(31)19-9-14-3-4-15(20(27)28)10-18(14)30(19)11-13-1-5-16(6-2-13)22(24,25)26/h1-6,9-10,17H,7-8,11-12H2,(H3,27,28)/t17-/m0/s1. The normalized spacial score (nSPS) is 16.8.